The maximum Gasteiger partial charge on any atom is 0.287 e. The number of rotatable bonds is 4. The van der Waals surface area contributed by atoms with Crippen LogP contribution in [0.4, 0.5) is 0 Å². The van der Waals surface area contributed by atoms with E-state index in [0.717, 1.165) is 13.0 Å². The van der Waals surface area contributed by atoms with E-state index in [-0.39, 0.29) is 5.91 Å². The Bertz CT molecular complexity index is 368. The summed E-state index contributed by atoms with van der Waals surface area (Å²) < 4.78 is 5.76. The molecule has 82 valence electrons. The number of halogens is 1. The molecule has 0 bridgehead atoms. The Hall–Kier alpha value is -0.770. The van der Waals surface area contributed by atoms with Crippen LogP contribution in [0.3, 0.4) is 0 Å². The van der Waals surface area contributed by atoms with E-state index in [4.69, 9.17) is 4.42 Å². The lowest BCUT2D eigenvalue weighted by Gasteiger charge is -2.12. The molecule has 0 aliphatic heterocycles. The summed E-state index contributed by atoms with van der Waals surface area (Å²) in [7, 11) is 0. The third-order valence-electron chi connectivity index (χ3n) is 3.13. The van der Waals surface area contributed by atoms with Crippen LogP contribution in [0.15, 0.2) is 21.2 Å². The van der Waals surface area contributed by atoms with Crippen molar-refractivity contribution >= 4 is 21.8 Å². The second-order valence-corrected chi connectivity index (χ2v) is 4.92. The van der Waals surface area contributed by atoms with Crippen LogP contribution >= 0.6 is 15.9 Å². The fourth-order valence-corrected chi connectivity index (χ4v) is 1.93. The molecule has 0 saturated heterocycles. The molecule has 2 rings (SSSR count). The van der Waals surface area contributed by atoms with E-state index in [9.17, 15) is 4.79 Å². The van der Waals surface area contributed by atoms with Gasteiger partial charge in [0.05, 0.1) is 0 Å². The zero-order valence-electron chi connectivity index (χ0n) is 8.68. The summed E-state index contributed by atoms with van der Waals surface area (Å²) in [5, 5.41) is 2.91. The molecule has 1 N–H and O–H groups in total. The van der Waals surface area contributed by atoms with Crippen molar-refractivity contribution in [3.63, 3.8) is 0 Å². The minimum atomic E-state index is -0.125. The molecule has 1 aromatic heterocycles. The van der Waals surface area contributed by atoms with E-state index in [0.29, 0.717) is 15.8 Å². The van der Waals surface area contributed by atoms with Crippen LogP contribution in [0, 0.1) is 5.41 Å². The molecule has 0 atom stereocenters. The molecule has 1 saturated carbocycles. The summed E-state index contributed by atoms with van der Waals surface area (Å²) >= 11 is 3.17. The standard InChI is InChI=1S/C11H14BrNO2/c1-2-11(5-6-11)7-13-10(14)8-3-4-9(12)15-8/h3-4H,2,5-7H2,1H3,(H,13,14). The van der Waals surface area contributed by atoms with Gasteiger partial charge in [-0.25, -0.2) is 0 Å². The number of nitrogens with one attached hydrogen (secondary N) is 1. The Labute approximate surface area is 97.4 Å². The van der Waals surface area contributed by atoms with Crippen LogP contribution in [0.2, 0.25) is 0 Å². The number of hydrogen-bond acceptors (Lipinski definition) is 2. The fourth-order valence-electron chi connectivity index (χ4n) is 1.62. The van der Waals surface area contributed by atoms with Crippen LogP contribution in [0.1, 0.15) is 36.7 Å². The number of carbonyl (C=O) groups is 1. The van der Waals surface area contributed by atoms with Gasteiger partial charge in [0.2, 0.25) is 0 Å². The van der Waals surface area contributed by atoms with E-state index in [1.54, 1.807) is 12.1 Å². The first-order valence-electron chi connectivity index (χ1n) is 5.19. The molecule has 1 aliphatic carbocycles. The SMILES string of the molecule is CCC1(CNC(=O)c2ccc(Br)o2)CC1. The quantitative estimate of drug-likeness (QED) is 0.915. The molecule has 3 nitrogen and oxygen atoms in total. The summed E-state index contributed by atoms with van der Waals surface area (Å²) in [5.74, 6) is 0.245. The van der Waals surface area contributed by atoms with Gasteiger partial charge in [-0.05, 0) is 52.7 Å². The molecule has 15 heavy (non-hydrogen) atoms. The molecule has 0 unspecified atom stereocenters. The number of hydrogen-bond donors (Lipinski definition) is 1. The summed E-state index contributed by atoms with van der Waals surface area (Å²) in [5.41, 5.74) is 0.374. The zero-order chi connectivity index (χ0) is 10.9. The van der Waals surface area contributed by atoms with Crippen molar-refractivity contribution < 1.29 is 9.21 Å². The number of carbonyl (C=O) groups excluding carboxylic acids is 1. The van der Waals surface area contributed by atoms with Crippen molar-refractivity contribution in [2.24, 2.45) is 5.41 Å². The third-order valence-corrected chi connectivity index (χ3v) is 3.55. The fraction of sp³-hybridized carbons (Fsp3) is 0.545. The molecule has 1 amide bonds. The largest absolute Gasteiger partial charge is 0.444 e. The van der Waals surface area contributed by atoms with Crippen LogP contribution in [0.5, 0.6) is 0 Å². The normalized spacial score (nSPS) is 17.5. The van der Waals surface area contributed by atoms with Gasteiger partial charge in [0.15, 0.2) is 10.4 Å². The van der Waals surface area contributed by atoms with E-state index in [1.807, 2.05) is 0 Å². The minimum Gasteiger partial charge on any atom is -0.444 e. The average Bonchev–Trinajstić information content (AvgIpc) is 2.90. The highest BCUT2D eigenvalue weighted by atomic mass is 79.9. The summed E-state index contributed by atoms with van der Waals surface area (Å²) in [4.78, 5) is 11.6. The van der Waals surface area contributed by atoms with Gasteiger partial charge >= 0.3 is 0 Å². The van der Waals surface area contributed by atoms with Crippen molar-refractivity contribution in [2.75, 3.05) is 6.54 Å². The molecule has 0 radical (unpaired) electrons. The number of amides is 1. The molecule has 1 aromatic rings. The van der Waals surface area contributed by atoms with Gasteiger partial charge < -0.3 is 9.73 Å². The lowest BCUT2D eigenvalue weighted by molar-refractivity contribution is 0.0915. The first kappa shape index (κ1) is 10.7. The van der Waals surface area contributed by atoms with Crippen LogP contribution in [0.25, 0.3) is 0 Å². The summed E-state index contributed by atoms with van der Waals surface area (Å²) in [6.45, 7) is 2.93. The van der Waals surface area contributed by atoms with Crippen LogP contribution < -0.4 is 5.32 Å². The Kier molecular flexibility index (Phi) is 2.87. The third kappa shape index (κ3) is 2.43. The molecular formula is C11H14BrNO2. The lowest BCUT2D eigenvalue weighted by Crippen LogP contribution is -2.29. The summed E-state index contributed by atoms with van der Waals surface area (Å²) in [6.07, 6.45) is 3.59. The maximum absolute atomic E-state index is 11.6. The monoisotopic (exact) mass is 271 g/mol. The summed E-state index contributed by atoms with van der Waals surface area (Å²) in [6, 6.07) is 3.40. The van der Waals surface area contributed by atoms with Crippen LogP contribution in [-0.2, 0) is 0 Å². The Morgan fingerprint density at radius 2 is 2.33 bits per heavy atom. The highest BCUT2D eigenvalue weighted by Crippen LogP contribution is 2.47. The Morgan fingerprint density at radius 3 is 2.80 bits per heavy atom. The van der Waals surface area contributed by atoms with Gasteiger partial charge in [0.1, 0.15) is 0 Å². The molecule has 1 fully saturated rings. The van der Waals surface area contributed by atoms with Crippen molar-refractivity contribution in [2.45, 2.75) is 26.2 Å². The van der Waals surface area contributed by atoms with Gasteiger partial charge in [0, 0.05) is 6.54 Å². The molecular weight excluding hydrogens is 258 g/mol. The van der Waals surface area contributed by atoms with E-state index < -0.39 is 0 Å². The molecule has 0 aromatic carbocycles. The molecule has 1 aliphatic rings. The highest BCUT2D eigenvalue weighted by molar-refractivity contribution is 9.10. The predicted molar refractivity (Wildman–Crippen MR) is 60.7 cm³/mol. The van der Waals surface area contributed by atoms with Gasteiger partial charge in [-0.15, -0.1) is 0 Å². The second kappa shape index (κ2) is 4.00. The van der Waals surface area contributed by atoms with Gasteiger partial charge in [-0.1, -0.05) is 6.92 Å². The highest BCUT2D eigenvalue weighted by Gasteiger charge is 2.40. The van der Waals surface area contributed by atoms with E-state index in [2.05, 4.69) is 28.2 Å². The first-order chi connectivity index (χ1) is 7.15. The van der Waals surface area contributed by atoms with Crippen LogP contribution in [-0.4, -0.2) is 12.5 Å². The smallest absolute Gasteiger partial charge is 0.287 e. The van der Waals surface area contributed by atoms with Crippen molar-refractivity contribution in [1.82, 2.24) is 5.32 Å². The maximum atomic E-state index is 11.6. The van der Waals surface area contributed by atoms with Crippen molar-refractivity contribution in [3.8, 4) is 0 Å². The van der Waals surface area contributed by atoms with E-state index in [1.165, 1.54) is 12.8 Å². The van der Waals surface area contributed by atoms with Gasteiger partial charge in [0.25, 0.3) is 5.91 Å². The first-order valence-corrected chi connectivity index (χ1v) is 5.98. The molecule has 0 spiro atoms. The van der Waals surface area contributed by atoms with Crippen molar-refractivity contribution in [3.05, 3.63) is 22.6 Å². The van der Waals surface area contributed by atoms with Crippen molar-refractivity contribution in [1.29, 1.82) is 0 Å². The number of furan rings is 1. The van der Waals surface area contributed by atoms with Gasteiger partial charge in [-0.2, -0.15) is 0 Å². The molecule has 1 heterocycles. The topological polar surface area (TPSA) is 42.2 Å². The second-order valence-electron chi connectivity index (χ2n) is 4.14. The average molecular weight is 272 g/mol. The predicted octanol–water partition coefficient (Wildman–Crippen LogP) is 2.96. The zero-order valence-corrected chi connectivity index (χ0v) is 10.3. The minimum absolute atomic E-state index is 0.125. The van der Waals surface area contributed by atoms with Gasteiger partial charge in [-0.3, -0.25) is 4.79 Å². The molecule has 4 heteroatoms. The van der Waals surface area contributed by atoms with E-state index >= 15 is 0 Å². The Morgan fingerprint density at radius 1 is 1.60 bits per heavy atom. The Balaban J connectivity index is 1.88. The lowest BCUT2D eigenvalue weighted by atomic mass is 10.0.